The quantitative estimate of drug-likeness (QED) is 0.741. The summed E-state index contributed by atoms with van der Waals surface area (Å²) in [5.41, 5.74) is 5.06. The number of hydrogen-bond acceptors (Lipinski definition) is 1. The van der Waals surface area contributed by atoms with Crippen LogP contribution in [0.2, 0.25) is 0 Å². The van der Waals surface area contributed by atoms with Crippen molar-refractivity contribution in [3.05, 3.63) is 65.4 Å². The summed E-state index contributed by atoms with van der Waals surface area (Å²) >= 11 is 0. The number of carbonyl (C=O) groups excluding carboxylic acids is 1. The molecular formula is C23H26N3O+. The summed E-state index contributed by atoms with van der Waals surface area (Å²) in [7, 11) is 0. The van der Waals surface area contributed by atoms with Crippen molar-refractivity contribution in [3.8, 4) is 0 Å². The van der Waals surface area contributed by atoms with Gasteiger partial charge in [-0.1, -0.05) is 44.2 Å². The van der Waals surface area contributed by atoms with Crippen LogP contribution in [0.25, 0.3) is 10.9 Å². The molecule has 138 valence electrons. The molecule has 2 aromatic carbocycles. The van der Waals surface area contributed by atoms with Gasteiger partial charge in [0, 0.05) is 23.9 Å². The summed E-state index contributed by atoms with van der Waals surface area (Å²) in [6.07, 6.45) is 2.00. The lowest BCUT2D eigenvalue weighted by Gasteiger charge is -2.30. The Morgan fingerprint density at radius 2 is 1.93 bits per heavy atom. The van der Waals surface area contributed by atoms with Crippen molar-refractivity contribution in [1.29, 1.82) is 0 Å². The Morgan fingerprint density at radius 1 is 1.15 bits per heavy atom. The maximum absolute atomic E-state index is 13.9. The Labute approximate surface area is 159 Å². The second-order valence-corrected chi connectivity index (χ2v) is 8.23. The van der Waals surface area contributed by atoms with Crippen molar-refractivity contribution in [2.24, 2.45) is 5.92 Å². The molecule has 0 unspecified atom stereocenters. The molecule has 3 aromatic rings. The zero-order valence-corrected chi connectivity index (χ0v) is 16.0. The Kier molecular flexibility index (Phi) is 3.66. The van der Waals surface area contributed by atoms with Crippen LogP contribution in [0.1, 0.15) is 37.1 Å². The molecule has 3 N–H and O–H groups in total. The number of para-hydroxylation sites is 2. The van der Waals surface area contributed by atoms with Crippen LogP contribution in [0.4, 0.5) is 5.69 Å². The highest BCUT2D eigenvalue weighted by atomic mass is 16.2. The van der Waals surface area contributed by atoms with Crippen molar-refractivity contribution in [2.75, 3.05) is 18.0 Å². The lowest BCUT2D eigenvalue weighted by Crippen LogP contribution is -2.99. The van der Waals surface area contributed by atoms with E-state index in [2.05, 4.69) is 66.6 Å². The summed E-state index contributed by atoms with van der Waals surface area (Å²) in [4.78, 5) is 19.5. The predicted octanol–water partition coefficient (Wildman–Crippen LogP) is 2.92. The summed E-state index contributed by atoms with van der Waals surface area (Å²) in [5.74, 6) is 0.775. The van der Waals surface area contributed by atoms with Crippen molar-refractivity contribution >= 4 is 22.5 Å². The minimum absolute atomic E-state index is 0.205. The molecule has 1 spiro atoms. The van der Waals surface area contributed by atoms with Crippen molar-refractivity contribution < 1.29 is 10.1 Å². The zero-order valence-electron chi connectivity index (χ0n) is 16.0. The van der Waals surface area contributed by atoms with Gasteiger partial charge in [0.05, 0.1) is 23.5 Å². The van der Waals surface area contributed by atoms with Gasteiger partial charge in [-0.3, -0.25) is 4.79 Å². The van der Waals surface area contributed by atoms with Gasteiger partial charge in [0.1, 0.15) is 0 Å². The van der Waals surface area contributed by atoms with Gasteiger partial charge >= 0.3 is 0 Å². The van der Waals surface area contributed by atoms with Gasteiger partial charge in [0.2, 0.25) is 5.54 Å². The minimum Gasteiger partial charge on any atom is -0.352 e. The van der Waals surface area contributed by atoms with Crippen LogP contribution in [0.5, 0.6) is 0 Å². The predicted molar refractivity (Wildman–Crippen MR) is 108 cm³/mol. The van der Waals surface area contributed by atoms with Crippen LogP contribution in [-0.4, -0.2) is 24.0 Å². The summed E-state index contributed by atoms with van der Waals surface area (Å²) in [5, 5.41) is 3.51. The monoisotopic (exact) mass is 360 g/mol. The van der Waals surface area contributed by atoms with Gasteiger partial charge in [0.15, 0.2) is 0 Å². The van der Waals surface area contributed by atoms with Crippen molar-refractivity contribution in [3.63, 3.8) is 0 Å². The van der Waals surface area contributed by atoms with E-state index in [0.717, 1.165) is 48.4 Å². The first-order valence-electron chi connectivity index (χ1n) is 9.99. The van der Waals surface area contributed by atoms with E-state index in [9.17, 15) is 4.79 Å². The molecule has 0 aliphatic carbocycles. The number of carbonyl (C=O) groups is 1. The van der Waals surface area contributed by atoms with Crippen LogP contribution >= 0.6 is 0 Å². The van der Waals surface area contributed by atoms with E-state index in [4.69, 9.17) is 0 Å². The second-order valence-electron chi connectivity index (χ2n) is 8.23. The number of quaternary nitrogens is 1. The number of aromatic nitrogens is 1. The van der Waals surface area contributed by atoms with Gasteiger partial charge < -0.3 is 15.2 Å². The van der Waals surface area contributed by atoms with Gasteiger partial charge in [-0.2, -0.15) is 0 Å². The fourth-order valence-electron chi connectivity index (χ4n) is 4.86. The molecule has 3 heterocycles. The number of aromatic amines is 1. The molecule has 2 aliphatic rings. The average Bonchev–Trinajstić information content (AvgIpc) is 3.17. The van der Waals surface area contributed by atoms with E-state index < -0.39 is 5.54 Å². The Bertz CT molecular complexity index is 1040. The second kappa shape index (κ2) is 5.96. The number of nitrogens with two attached hydrogens (primary N) is 1. The minimum atomic E-state index is -0.666. The first-order chi connectivity index (χ1) is 13.1. The fraction of sp³-hybridized carbons (Fsp3) is 0.348. The van der Waals surface area contributed by atoms with Crippen molar-refractivity contribution in [1.82, 2.24) is 4.98 Å². The lowest BCUT2D eigenvalue weighted by molar-refractivity contribution is -0.714. The molecule has 0 fully saturated rings. The third kappa shape index (κ3) is 2.23. The Hall–Kier alpha value is -2.59. The molecular weight excluding hydrogens is 334 g/mol. The molecule has 27 heavy (non-hydrogen) atoms. The van der Waals surface area contributed by atoms with Crippen LogP contribution in [-0.2, 0) is 16.8 Å². The average molecular weight is 360 g/mol. The molecule has 0 saturated carbocycles. The normalized spacial score (nSPS) is 21.3. The molecule has 4 nitrogen and oxygen atoms in total. The van der Waals surface area contributed by atoms with Gasteiger partial charge in [-0.05, 0) is 36.1 Å². The molecule has 2 aliphatic heterocycles. The van der Waals surface area contributed by atoms with E-state index in [1.54, 1.807) is 0 Å². The number of fused-ring (bicyclic) bond motifs is 6. The first kappa shape index (κ1) is 16.6. The summed E-state index contributed by atoms with van der Waals surface area (Å²) in [6, 6.07) is 16.8. The standard InChI is InChI=1S/C23H25N3O/c1-15(2)12-14-26-20-10-6-4-8-18(20)23(22(26)27)21-17(11-13-24-23)16-7-3-5-9-19(16)25-21/h3-10,15,24-25H,11-14H2,1-2H3/p+1/t23-/m0/s1. The maximum atomic E-state index is 13.9. The fourth-order valence-corrected chi connectivity index (χ4v) is 4.86. The third-order valence-electron chi connectivity index (χ3n) is 6.19. The van der Waals surface area contributed by atoms with Gasteiger partial charge in [0.25, 0.3) is 5.91 Å². The van der Waals surface area contributed by atoms with Crippen LogP contribution in [0.15, 0.2) is 48.5 Å². The molecule has 4 heteroatoms. The van der Waals surface area contributed by atoms with E-state index >= 15 is 0 Å². The van der Waals surface area contributed by atoms with E-state index in [1.807, 2.05) is 11.0 Å². The SMILES string of the molecule is CC(C)CCN1C(=O)[C@]2([NH2+]CCc3c2[nH]c2ccccc32)c2ccccc21. The number of nitrogens with zero attached hydrogens (tertiary/aromatic N) is 1. The van der Waals surface area contributed by atoms with Gasteiger partial charge in [-0.15, -0.1) is 0 Å². The number of rotatable bonds is 3. The molecule has 0 saturated heterocycles. The smallest absolute Gasteiger partial charge is 0.299 e. The summed E-state index contributed by atoms with van der Waals surface area (Å²) in [6.45, 7) is 6.13. The summed E-state index contributed by atoms with van der Waals surface area (Å²) < 4.78 is 0. The van der Waals surface area contributed by atoms with E-state index in [0.29, 0.717) is 5.92 Å². The largest absolute Gasteiger partial charge is 0.352 e. The molecule has 1 amide bonds. The van der Waals surface area contributed by atoms with Crippen LogP contribution in [0, 0.1) is 5.92 Å². The highest BCUT2D eigenvalue weighted by Gasteiger charge is 2.58. The highest BCUT2D eigenvalue weighted by Crippen LogP contribution is 2.45. The number of benzene rings is 2. The third-order valence-corrected chi connectivity index (χ3v) is 6.19. The molecule has 0 bridgehead atoms. The topological polar surface area (TPSA) is 52.7 Å². The Morgan fingerprint density at radius 3 is 2.78 bits per heavy atom. The van der Waals surface area contributed by atoms with E-state index in [1.165, 1.54) is 10.9 Å². The maximum Gasteiger partial charge on any atom is 0.299 e. The van der Waals surface area contributed by atoms with Gasteiger partial charge in [-0.25, -0.2) is 0 Å². The van der Waals surface area contributed by atoms with E-state index in [-0.39, 0.29) is 5.91 Å². The zero-order chi connectivity index (χ0) is 18.6. The lowest BCUT2D eigenvalue weighted by atomic mass is 9.82. The number of anilines is 1. The Balaban J connectivity index is 1.72. The molecule has 1 atom stereocenters. The molecule has 0 radical (unpaired) electrons. The van der Waals surface area contributed by atoms with Crippen LogP contribution in [0.3, 0.4) is 0 Å². The number of hydrogen-bond donors (Lipinski definition) is 2. The number of H-pyrrole nitrogens is 1. The molecule has 1 aromatic heterocycles. The molecule has 5 rings (SSSR count). The van der Waals surface area contributed by atoms with Crippen molar-refractivity contribution in [2.45, 2.75) is 32.2 Å². The number of nitrogens with one attached hydrogen (secondary N) is 1. The number of amides is 1. The van der Waals surface area contributed by atoms with Crippen LogP contribution < -0.4 is 10.2 Å². The highest BCUT2D eigenvalue weighted by molar-refractivity contribution is 6.09. The first-order valence-corrected chi connectivity index (χ1v) is 9.99.